The van der Waals surface area contributed by atoms with Gasteiger partial charge in [0.2, 0.25) is 0 Å². The topological polar surface area (TPSA) is 40.5 Å². The average molecular weight is 270 g/mol. The fraction of sp³-hybridized carbons (Fsp3) is 1.00. The third kappa shape index (κ3) is 6.76. The Morgan fingerprint density at radius 2 is 1.37 bits per heavy atom. The molecule has 0 aromatic heterocycles. The second-order valence-electron chi connectivity index (χ2n) is 6.44. The summed E-state index contributed by atoms with van der Waals surface area (Å²) in [6.07, 6.45) is 15.2. The highest BCUT2D eigenvalue weighted by Crippen LogP contribution is 2.31. The number of hydrogen-bond donors (Lipinski definition) is 2. The highest BCUT2D eigenvalue weighted by molar-refractivity contribution is 4.87. The number of unbranched alkanes of at least 4 members (excludes halogenated alkanes) is 5. The van der Waals surface area contributed by atoms with Gasteiger partial charge in [0.25, 0.3) is 0 Å². The van der Waals surface area contributed by atoms with Gasteiger partial charge in [0.05, 0.1) is 11.7 Å². The van der Waals surface area contributed by atoms with Crippen LogP contribution in [0.4, 0.5) is 0 Å². The SMILES string of the molecule is CCCCCCCCC(O)C1(O)CCCCCCC1. The first-order chi connectivity index (χ1) is 9.19. The van der Waals surface area contributed by atoms with Gasteiger partial charge in [-0.25, -0.2) is 0 Å². The van der Waals surface area contributed by atoms with Gasteiger partial charge in [-0.15, -0.1) is 0 Å². The molecule has 19 heavy (non-hydrogen) atoms. The monoisotopic (exact) mass is 270 g/mol. The molecule has 0 aliphatic heterocycles. The Morgan fingerprint density at radius 3 is 2.00 bits per heavy atom. The van der Waals surface area contributed by atoms with Gasteiger partial charge < -0.3 is 10.2 Å². The van der Waals surface area contributed by atoms with Crippen molar-refractivity contribution in [1.82, 2.24) is 0 Å². The number of rotatable bonds is 8. The van der Waals surface area contributed by atoms with Crippen molar-refractivity contribution in [3.63, 3.8) is 0 Å². The molecule has 0 aromatic carbocycles. The zero-order chi connectivity index (χ0) is 14.0. The van der Waals surface area contributed by atoms with Crippen LogP contribution in [0.1, 0.15) is 96.8 Å². The van der Waals surface area contributed by atoms with Crippen LogP contribution in [0.25, 0.3) is 0 Å². The molecule has 1 rings (SSSR count). The van der Waals surface area contributed by atoms with Gasteiger partial charge in [-0.2, -0.15) is 0 Å². The first-order valence-corrected chi connectivity index (χ1v) is 8.59. The quantitative estimate of drug-likeness (QED) is 0.634. The summed E-state index contributed by atoms with van der Waals surface area (Å²) in [6, 6.07) is 0. The zero-order valence-electron chi connectivity index (χ0n) is 12.9. The molecule has 2 N–H and O–H groups in total. The van der Waals surface area contributed by atoms with Gasteiger partial charge in [0, 0.05) is 0 Å². The van der Waals surface area contributed by atoms with E-state index in [9.17, 15) is 10.2 Å². The second-order valence-corrected chi connectivity index (χ2v) is 6.44. The summed E-state index contributed by atoms with van der Waals surface area (Å²) in [6.45, 7) is 2.23. The van der Waals surface area contributed by atoms with Crippen molar-refractivity contribution in [2.24, 2.45) is 0 Å². The lowest BCUT2D eigenvalue weighted by atomic mass is 9.81. The third-order valence-electron chi connectivity index (χ3n) is 4.67. The maximum atomic E-state index is 10.6. The first-order valence-electron chi connectivity index (χ1n) is 8.59. The molecule has 0 radical (unpaired) electrons. The van der Waals surface area contributed by atoms with Crippen LogP contribution in [0.15, 0.2) is 0 Å². The van der Waals surface area contributed by atoms with E-state index >= 15 is 0 Å². The van der Waals surface area contributed by atoms with Gasteiger partial charge in [0.15, 0.2) is 0 Å². The Morgan fingerprint density at radius 1 is 0.842 bits per heavy atom. The summed E-state index contributed by atoms with van der Waals surface area (Å²) in [7, 11) is 0. The van der Waals surface area contributed by atoms with E-state index in [2.05, 4.69) is 6.92 Å². The maximum absolute atomic E-state index is 10.6. The summed E-state index contributed by atoms with van der Waals surface area (Å²) in [5, 5.41) is 20.9. The number of aliphatic hydroxyl groups is 2. The predicted molar refractivity (Wildman–Crippen MR) is 81.3 cm³/mol. The van der Waals surface area contributed by atoms with Crippen LogP contribution in [-0.2, 0) is 0 Å². The summed E-state index contributed by atoms with van der Waals surface area (Å²) in [5.74, 6) is 0. The van der Waals surface area contributed by atoms with Gasteiger partial charge in [-0.3, -0.25) is 0 Å². The van der Waals surface area contributed by atoms with E-state index in [1.807, 2.05) is 0 Å². The molecule has 114 valence electrons. The van der Waals surface area contributed by atoms with Crippen LogP contribution in [0.5, 0.6) is 0 Å². The fourth-order valence-corrected chi connectivity index (χ4v) is 3.24. The highest BCUT2D eigenvalue weighted by atomic mass is 16.3. The lowest BCUT2D eigenvalue weighted by Gasteiger charge is -2.34. The molecule has 0 bridgehead atoms. The zero-order valence-corrected chi connectivity index (χ0v) is 12.9. The standard InChI is InChI=1S/C17H34O2/c1-2-3-4-5-7-10-13-16(18)17(19)14-11-8-6-9-12-15-17/h16,18-19H,2-15H2,1H3. The Hall–Kier alpha value is -0.0800. The van der Waals surface area contributed by atoms with Crippen LogP contribution in [0.2, 0.25) is 0 Å². The molecule has 0 amide bonds. The van der Waals surface area contributed by atoms with E-state index in [1.54, 1.807) is 0 Å². The third-order valence-corrected chi connectivity index (χ3v) is 4.67. The molecule has 2 heteroatoms. The number of aliphatic hydroxyl groups excluding tert-OH is 1. The molecule has 0 saturated heterocycles. The van der Waals surface area contributed by atoms with Gasteiger partial charge >= 0.3 is 0 Å². The van der Waals surface area contributed by atoms with Crippen molar-refractivity contribution < 1.29 is 10.2 Å². The van der Waals surface area contributed by atoms with E-state index in [0.717, 1.165) is 38.5 Å². The molecule has 1 aliphatic rings. The minimum atomic E-state index is -0.788. The average Bonchev–Trinajstić information content (AvgIpc) is 2.38. The lowest BCUT2D eigenvalue weighted by Crippen LogP contribution is -2.42. The summed E-state index contributed by atoms with van der Waals surface area (Å²) < 4.78 is 0. The molecule has 1 unspecified atom stereocenters. The molecular formula is C17H34O2. The van der Waals surface area contributed by atoms with Crippen LogP contribution in [0.3, 0.4) is 0 Å². The van der Waals surface area contributed by atoms with Crippen molar-refractivity contribution >= 4 is 0 Å². The molecule has 1 saturated carbocycles. The van der Waals surface area contributed by atoms with E-state index in [4.69, 9.17) is 0 Å². The summed E-state index contributed by atoms with van der Waals surface area (Å²) in [5.41, 5.74) is -0.788. The Kier molecular flexibility index (Phi) is 8.72. The van der Waals surface area contributed by atoms with E-state index in [-0.39, 0.29) is 0 Å². The summed E-state index contributed by atoms with van der Waals surface area (Å²) >= 11 is 0. The van der Waals surface area contributed by atoms with E-state index < -0.39 is 11.7 Å². The minimum absolute atomic E-state index is 0.503. The summed E-state index contributed by atoms with van der Waals surface area (Å²) in [4.78, 5) is 0. The largest absolute Gasteiger partial charge is 0.390 e. The van der Waals surface area contributed by atoms with E-state index in [1.165, 1.54) is 51.4 Å². The molecule has 1 fully saturated rings. The minimum Gasteiger partial charge on any atom is -0.390 e. The lowest BCUT2D eigenvalue weighted by molar-refractivity contribution is -0.0938. The second kappa shape index (κ2) is 9.77. The van der Waals surface area contributed by atoms with Crippen molar-refractivity contribution in [3.05, 3.63) is 0 Å². The fourth-order valence-electron chi connectivity index (χ4n) is 3.24. The van der Waals surface area contributed by atoms with Crippen LogP contribution in [0, 0.1) is 0 Å². The van der Waals surface area contributed by atoms with Crippen LogP contribution >= 0.6 is 0 Å². The van der Waals surface area contributed by atoms with Gasteiger partial charge in [-0.05, 0) is 19.3 Å². The Labute approximate surface area is 119 Å². The smallest absolute Gasteiger partial charge is 0.0905 e. The maximum Gasteiger partial charge on any atom is 0.0905 e. The molecule has 1 atom stereocenters. The Balaban J connectivity index is 2.19. The molecular weight excluding hydrogens is 236 g/mol. The molecule has 0 aromatic rings. The van der Waals surface area contributed by atoms with Crippen molar-refractivity contribution in [3.8, 4) is 0 Å². The molecule has 0 spiro atoms. The van der Waals surface area contributed by atoms with Crippen molar-refractivity contribution in [2.45, 2.75) is 109 Å². The molecule has 2 nitrogen and oxygen atoms in total. The van der Waals surface area contributed by atoms with Crippen molar-refractivity contribution in [2.75, 3.05) is 0 Å². The van der Waals surface area contributed by atoms with Crippen LogP contribution < -0.4 is 0 Å². The predicted octanol–water partition coefficient (Wildman–Crippen LogP) is 4.57. The highest BCUT2D eigenvalue weighted by Gasteiger charge is 2.34. The first kappa shape index (κ1) is 17.0. The number of hydrogen-bond acceptors (Lipinski definition) is 2. The normalized spacial score (nSPS) is 21.6. The molecule has 0 heterocycles. The van der Waals surface area contributed by atoms with Gasteiger partial charge in [-0.1, -0.05) is 77.6 Å². The van der Waals surface area contributed by atoms with E-state index in [0.29, 0.717) is 0 Å². The van der Waals surface area contributed by atoms with Gasteiger partial charge in [0.1, 0.15) is 0 Å². The van der Waals surface area contributed by atoms with Crippen molar-refractivity contribution in [1.29, 1.82) is 0 Å². The molecule has 1 aliphatic carbocycles. The Bertz CT molecular complexity index is 207. The van der Waals surface area contributed by atoms with Crippen LogP contribution in [-0.4, -0.2) is 21.9 Å².